The number of hydrogen-bond donors (Lipinski definition) is 2. The molecule has 1 aliphatic carbocycles. The van der Waals surface area contributed by atoms with Crippen molar-refractivity contribution in [1.29, 1.82) is 0 Å². The van der Waals surface area contributed by atoms with E-state index in [4.69, 9.17) is 5.84 Å². The van der Waals surface area contributed by atoms with E-state index in [0.29, 0.717) is 12.0 Å². The van der Waals surface area contributed by atoms with E-state index in [2.05, 4.69) is 26.5 Å². The van der Waals surface area contributed by atoms with Crippen molar-refractivity contribution in [2.75, 3.05) is 0 Å². The van der Waals surface area contributed by atoms with Crippen LogP contribution in [0.1, 0.15) is 56.3 Å². The number of hydrazine groups is 1. The van der Waals surface area contributed by atoms with Gasteiger partial charge in [0, 0.05) is 19.5 Å². The van der Waals surface area contributed by atoms with E-state index in [1.807, 2.05) is 18.7 Å². The minimum Gasteiger partial charge on any atom is -0.271 e. The molecular weight excluding hydrogens is 316 g/mol. The predicted octanol–water partition coefficient (Wildman–Crippen LogP) is 3.23. The smallest absolute Gasteiger partial charge is 0.0738 e. The van der Waals surface area contributed by atoms with Gasteiger partial charge in [0.2, 0.25) is 0 Å². The topological polar surface area (TPSA) is 55.9 Å². The van der Waals surface area contributed by atoms with Gasteiger partial charge in [-0.15, -0.1) is 0 Å². The van der Waals surface area contributed by atoms with E-state index in [1.54, 1.807) is 0 Å². The largest absolute Gasteiger partial charge is 0.271 e. The molecule has 1 unspecified atom stereocenters. The fourth-order valence-corrected chi connectivity index (χ4v) is 3.86. The van der Waals surface area contributed by atoms with Crippen LogP contribution < -0.4 is 11.3 Å². The molecule has 2 rings (SSSR count). The van der Waals surface area contributed by atoms with Gasteiger partial charge in [0.1, 0.15) is 0 Å². The Kier molecular flexibility index (Phi) is 6.05. The summed E-state index contributed by atoms with van der Waals surface area (Å²) in [6.07, 6.45) is 10.4. The maximum Gasteiger partial charge on any atom is 0.0738 e. The fourth-order valence-electron chi connectivity index (χ4n) is 3.36. The normalized spacial score (nSPS) is 19.6. The predicted molar refractivity (Wildman–Crippen MR) is 86.3 cm³/mol. The van der Waals surface area contributed by atoms with Gasteiger partial charge >= 0.3 is 0 Å². The lowest BCUT2D eigenvalue weighted by atomic mass is 9.84. The lowest BCUT2D eigenvalue weighted by molar-refractivity contribution is 0.282. The van der Waals surface area contributed by atoms with Gasteiger partial charge in [0.25, 0.3) is 0 Å². The second-order valence-corrected chi connectivity index (χ2v) is 6.85. The molecule has 1 aliphatic rings. The molecule has 0 radical (unpaired) electrons. The molecule has 1 saturated carbocycles. The Hall–Kier alpha value is -0.390. The molecule has 0 aliphatic heterocycles. The lowest BCUT2D eigenvalue weighted by Crippen LogP contribution is -2.43. The molecule has 1 heterocycles. The van der Waals surface area contributed by atoms with Crippen LogP contribution in [0.4, 0.5) is 0 Å². The molecule has 1 atom stereocenters. The van der Waals surface area contributed by atoms with Crippen molar-refractivity contribution >= 4 is 15.9 Å². The molecule has 20 heavy (non-hydrogen) atoms. The Labute approximate surface area is 130 Å². The highest BCUT2D eigenvalue weighted by molar-refractivity contribution is 9.10. The van der Waals surface area contributed by atoms with E-state index in [1.165, 1.54) is 50.6 Å². The zero-order valence-corrected chi connectivity index (χ0v) is 14.2. The number of nitrogens with zero attached hydrogens (tertiary/aromatic N) is 2. The highest BCUT2D eigenvalue weighted by atomic mass is 79.9. The van der Waals surface area contributed by atoms with Gasteiger partial charge in [-0.1, -0.05) is 32.1 Å². The van der Waals surface area contributed by atoms with Crippen LogP contribution in [-0.2, 0) is 13.5 Å². The van der Waals surface area contributed by atoms with Crippen molar-refractivity contribution in [2.45, 2.75) is 64.3 Å². The molecule has 0 saturated heterocycles. The fraction of sp³-hybridized carbons (Fsp3) is 0.800. The third-order valence-corrected chi connectivity index (χ3v) is 5.64. The first-order chi connectivity index (χ1) is 9.63. The number of nitrogens with one attached hydrogen (secondary N) is 1. The van der Waals surface area contributed by atoms with Crippen LogP contribution in [0.15, 0.2) is 4.47 Å². The summed E-state index contributed by atoms with van der Waals surface area (Å²) in [5, 5.41) is 4.48. The van der Waals surface area contributed by atoms with Gasteiger partial charge in [0.15, 0.2) is 0 Å². The maximum atomic E-state index is 5.85. The average Bonchev–Trinajstić information content (AvgIpc) is 2.62. The summed E-state index contributed by atoms with van der Waals surface area (Å²) < 4.78 is 3.11. The van der Waals surface area contributed by atoms with E-state index in [0.717, 1.165) is 16.6 Å². The van der Waals surface area contributed by atoms with Gasteiger partial charge in [-0.05, 0) is 41.6 Å². The summed E-state index contributed by atoms with van der Waals surface area (Å²) in [7, 11) is 2.01. The zero-order chi connectivity index (χ0) is 14.5. The molecule has 0 amide bonds. The molecule has 1 aromatic heterocycles. The highest BCUT2D eigenvalue weighted by Crippen LogP contribution is 2.28. The third-order valence-electron chi connectivity index (χ3n) is 4.61. The number of rotatable bonds is 4. The first-order valence-corrected chi connectivity index (χ1v) is 8.57. The van der Waals surface area contributed by atoms with E-state index in [-0.39, 0.29) is 0 Å². The second-order valence-electron chi connectivity index (χ2n) is 6.05. The van der Waals surface area contributed by atoms with Crippen LogP contribution in [0.5, 0.6) is 0 Å². The molecule has 0 aromatic carbocycles. The summed E-state index contributed by atoms with van der Waals surface area (Å²) in [6.45, 7) is 2.04. The second kappa shape index (κ2) is 7.57. The lowest BCUT2D eigenvalue weighted by Gasteiger charge is -2.28. The van der Waals surface area contributed by atoms with Crippen LogP contribution in [0, 0.1) is 12.8 Å². The zero-order valence-electron chi connectivity index (χ0n) is 12.7. The minimum atomic E-state index is 0.346. The minimum absolute atomic E-state index is 0.346. The average molecular weight is 343 g/mol. The van der Waals surface area contributed by atoms with E-state index in [9.17, 15) is 0 Å². The summed E-state index contributed by atoms with van der Waals surface area (Å²) in [5.41, 5.74) is 5.37. The number of aryl methyl sites for hydroxylation is 2. The van der Waals surface area contributed by atoms with Crippen molar-refractivity contribution < 1.29 is 0 Å². The number of aromatic nitrogens is 2. The van der Waals surface area contributed by atoms with Crippen LogP contribution in [0.3, 0.4) is 0 Å². The monoisotopic (exact) mass is 342 g/mol. The van der Waals surface area contributed by atoms with E-state index < -0.39 is 0 Å². The number of hydrogen-bond acceptors (Lipinski definition) is 3. The first kappa shape index (κ1) is 16.0. The van der Waals surface area contributed by atoms with Crippen molar-refractivity contribution in [3.05, 3.63) is 15.9 Å². The summed E-state index contributed by atoms with van der Waals surface area (Å²) >= 11 is 3.66. The quantitative estimate of drug-likeness (QED) is 0.652. The van der Waals surface area contributed by atoms with Crippen molar-refractivity contribution in [3.63, 3.8) is 0 Å². The Bertz CT molecular complexity index is 422. The highest BCUT2D eigenvalue weighted by Gasteiger charge is 2.24. The summed E-state index contributed by atoms with van der Waals surface area (Å²) in [6, 6.07) is 0.346. The summed E-state index contributed by atoms with van der Waals surface area (Å²) in [4.78, 5) is 0. The third kappa shape index (κ3) is 3.83. The van der Waals surface area contributed by atoms with Crippen LogP contribution in [0.25, 0.3) is 0 Å². The van der Waals surface area contributed by atoms with Crippen LogP contribution >= 0.6 is 15.9 Å². The Morgan fingerprint density at radius 2 is 1.90 bits per heavy atom. The molecule has 1 aromatic rings. The molecule has 114 valence electrons. The summed E-state index contributed by atoms with van der Waals surface area (Å²) in [5.74, 6) is 6.54. The molecule has 0 spiro atoms. The number of halogens is 1. The van der Waals surface area contributed by atoms with Crippen molar-refractivity contribution in [3.8, 4) is 0 Å². The Morgan fingerprint density at radius 1 is 1.30 bits per heavy atom. The van der Waals surface area contributed by atoms with Crippen molar-refractivity contribution in [2.24, 2.45) is 18.8 Å². The molecule has 1 fully saturated rings. The molecule has 5 heteroatoms. The standard InChI is InChI=1S/C15H27BrN4/c1-11-15(16)14(20(2)19-11)10-13(18-17)12-8-6-4-3-5-7-9-12/h12-13,18H,3-10,17H2,1-2H3. The molecular formula is C15H27BrN4. The SMILES string of the molecule is Cc1nn(C)c(CC(NN)C2CCCCCCC2)c1Br. The van der Waals surface area contributed by atoms with Crippen molar-refractivity contribution in [1.82, 2.24) is 15.2 Å². The number of nitrogens with two attached hydrogens (primary N) is 1. The van der Waals surface area contributed by atoms with E-state index >= 15 is 0 Å². The van der Waals surface area contributed by atoms with Gasteiger partial charge in [0.05, 0.1) is 15.9 Å². The van der Waals surface area contributed by atoms with Gasteiger partial charge in [-0.3, -0.25) is 16.0 Å². The molecule has 0 bridgehead atoms. The van der Waals surface area contributed by atoms with Crippen LogP contribution in [0.2, 0.25) is 0 Å². The van der Waals surface area contributed by atoms with Gasteiger partial charge in [-0.2, -0.15) is 5.10 Å². The Morgan fingerprint density at radius 3 is 2.40 bits per heavy atom. The first-order valence-electron chi connectivity index (χ1n) is 7.77. The van der Waals surface area contributed by atoms with Gasteiger partial charge in [-0.25, -0.2) is 0 Å². The van der Waals surface area contributed by atoms with Crippen LogP contribution in [-0.4, -0.2) is 15.8 Å². The van der Waals surface area contributed by atoms with Gasteiger partial charge < -0.3 is 0 Å². The molecule has 3 N–H and O–H groups in total. The Balaban J connectivity index is 2.07. The molecule has 4 nitrogen and oxygen atoms in total. The maximum absolute atomic E-state index is 5.85.